The van der Waals surface area contributed by atoms with Gasteiger partial charge in [-0.15, -0.1) is 0 Å². The number of nitrogens with zero attached hydrogens (tertiary/aromatic N) is 1. The molecule has 92 valence electrons. The molecule has 5 heteroatoms. The van der Waals surface area contributed by atoms with Crippen molar-refractivity contribution in [2.24, 2.45) is 10.8 Å². The zero-order chi connectivity index (χ0) is 12.7. The van der Waals surface area contributed by atoms with Crippen molar-refractivity contribution >= 4 is 23.5 Å². The summed E-state index contributed by atoms with van der Waals surface area (Å²) in [5, 5.41) is 4.08. The topological polar surface area (TPSA) is 59.6 Å². The number of rotatable bonds is 5. The van der Waals surface area contributed by atoms with E-state index in [1.165, 1.54) is 0 Å². The molecule has 0 aliphatic heterocycles. The van der Waals surface area contributed by atoms with E-state index in [0.29, 0.717) is 6.61 Å². The molecule has 0 amide bonds. The normalized spacial score (nSPS) is 11.0. The molecule has 0 bridgehead atoms. The van der Waals surface area contributed by atoms with E-state index >= 15 is 0 Å². The molecule has 0 heterocycles. The van der Waals surface area contributed by atoms with Gasteiger partial charge in [-0.3, -0.25) is 5.43 Å². The Labute approximate surface area is 107 Å². The summed E-state index contributed by atoms with van der Waals surface area (Å²) in [6, 6.07) is 7.88. The molecule has 0 atom stereocenters. The summed E-state index contributed by atoms with van der Waals surface area (Å²) < 4.78 is 5.56. The standard InChI is InChI=1S/C12H17N3OS/c1-9(2)16-8-11-6-4-3-5-10(11)7-14-15-12(13)17/h3-7,9H,8H2,1-2H3,(H3,13,15,17). The zero-order valence-electron chi connectivity index (χ0n) is 10.0. The van der Waals surface area contributed by atoms with Crippen LogP contribution in [-0.2, 0) is 11.3 Å². The van der Waals surface area contributed by atoms with E-state index in [4.69, 9.17) is 10.5 Å². The number of nitrogens with one attached hydrogen (secondary N) is 1. The maximum atomic E-state index is 5.56. The Hall–Kier alpha value is -1.46. The van der Waals surface area contributed by atoms with Crippen LogP contribution in [0.4, 0.5) is 0 Å². The first-order chi connectivity index (χ1) is 8.09. The van der Waals surface area contributed by atoms with Crippen molar-refractivity contribution in [1.82, 2.24) is 5.43 Å². The maximum Gasteiger partial charge on any atom is 0.184 e. The van der Waals surface area contributed by atoms with Gasteiger partial charge in [0.15, 0.2) is 5.11 Å². The minimum atomic E-state index is 0.150. The van der Waals surface area contributed by atoms with Gasteiger partial charge < -0.3 is 10.5 Å². The summed E-state index contributed by atoms with van der Waals surface area (Å²) in [7, 11) is 0. The predicted octanol–water partition coefficient (Wildman–Crippen LogP) is 1.78. The second-order valence-corrected chi connectivity index (χ2v) is 4.23. The molecular formula is C12H17N3OS. The van der Waals surface area contributed by atoms with E-state index in [1.807, 2.05) is 38.1 Å². The average Bonchev–Trinajstić information content (AvgIpc) is 2.27. The van der Waals surface area contributed by atoms with E-state index in [1.54, 1.807) is 6.21 Å². The molecule has 1 aromatic rings. The van der Waals surface area contributed by atoms with Crippen molar-refractivity contribution in [2.45, 2.75) is 26.6 Å². The van der Waals surface area contributed by atoms with E-state index in [-0.39, 0.29) is 11.2 Å². The number of hydrazone groups is 1. The lowest BCUT2D eigenvalue weighted by Crippen LogP contribution is -2.24. The lowest BCUT2D eigenvalue weighted by molar-refractivity contribution is 0.0656. The quantitative estimate of drug-likeness (QED) is 0.476. The molecule has 17 heavy (non-hydrogen) atoms. The second kappa shape index (κ2) is 6.98. The van der Waals surface area contributed by atoms with Gasteiger partial charge in [0.05, 0.1) is 18.9 Å². The van der Waals surface area contributed by atoms with Crippen LogP contribution in [0.15, 0.2) is 29.4 Å². The number of ether oxygens (including phenoxy) is 1. The molecule has 0 radical (unpaired) electrons. The summed E-state index contributed by atoms with van der Waals surface area (Å²) in [5.74, 6) is 0. The van der Waals surface area contributed by atoms with Gasteiger partial charge in [0, 0.05) is 5.56 Å². The summed E-state index contributed by atoms with van der Waals surface area (Å²) in [6.07, 6.45) is 1.88. The zero-order valence-corrected chi connectivity index (χ0v) is 10.8. The lowest BCUT2D eigenvalue weighted by Gasteiger charge is -2.09. The number of nitrogens with two attached hydrogens (primary N) is 1. The monoisotopic (exact) mass is 251 g/mol. The van der Waals surface area contributed by atoms with Gasteiger partial charge >= 0.3 is 0 Å². The molecular weight excluding hydrogens is 234 g/mol. The predicted molar refractivity (Wildman–Crippen MR) is 73.9 cm³/mol. The Bertz CT molecular complexity index is 404. The van der Waals surface area contributed by atoms with E-state index < -0.39 is 0 Å². The largest absolute Gasteiger partial charge is 0.375 e. The van der Waals surface area contributed by atoms with Crippen LogP contribution in [0.5, 0.6) is 0 Å². The second-order valence-electron chi connectivity index (χ2n) is 3.79. The van der Waals surface area contributed by atoms with Crippen LogP contribution in [0.25, 0.3) is 0 Å². The van der Waals surface area contributed by atoms with Crippen LogP contribution in [0.3, 0.4) is 0 Å². The molecule has 0 aliphatic carbocycles. The molecule has 0 aromatic heterocycles. The third kappa shape index (κ3) is 5.42. The summed E-state index contributed by atoms with van der Waals surface area (Å²) >= 11 is 4.66. The van der Waals surface area contributed by atoms with Crippen LogP contribution >= 0.6 is 12.2 Å². The molecule has 0 saturated heterocycles. The molecule has 3 N–H and O–H groups in total. The van der Waals surface area contributed by atoms with Crippen molar-refractivity contribution in [1.29, 1.82) is 0 Å². The fraction of sp³-hybridized carbons (Fsp3) is 0.333. The Balaban J connectivity index is 2.70. The molecule has 0 fully saturated rings. The van der Waals surface area contributed by atoms with Crippen LogP contribution in [0.2, 0.25) is 0 Å². The number of thiocarbonyl (C=S) groups is 1. The Morgan fingerprint density at radius 2 is 2.24 bits per heavy atom. The summed E-state index contributed by atoms with van der Waals surface area (Å²) in [5.41, 5.74) is 9.86. The Morgan fingerprint density at radius 1 is 1.53 bits per heavy atom. The van der Waals surface area contributed by atoms with E-state index in [2.05, 4.69) is 22.7 Å². The highest BCUT2D eigenvalue weighted by Gasteiger charge is 2.01. The van der Waals surface area contributed by atoms with Crippen molar-refractivity contribution < 1.29 is 4.74 Å². The molecule has 0 aliphatic rings. The fourth-order valence-corrected chi connectivity index (χ4v) is 1.27. The first-order valence-corrected chi connectivity index (χ1v) is 5.78. The summed E-state index contributed by atoms with van der Waals surface area (Å²) in [6.45, 7) is 4.57. The van der Waals surface area contributed by atoms with Crippen molar-refractivity contribution in [2.75, 3.05) is 0 Å². The summed E-state index contributed by atoms with van der Waals surface area (Å²) in [4.78, 5) is 0. The lowest BCUT2D eigenvalue weighted by atomic mass is 10.1. The number of hydrogen-bond donors (Lipinski definition) is 2. The van der Waals surface area contributed by atoms with Crippen molar-refractivity contribution in [3.05, 3.63) is 35.4 Å². The van der Waals surface area contributed by atoms with Gasteiger partial charge in [-0.2, -0.15) is 5.10 Å². The Morgan fingerprint density at radius 3 is 2.88 bits per heavy atom. The molecule has 1 rings (SSSR count). The van der Waals surface area contributed by atoms with Gasteiger partial charge in [0.2, 0.25) is 0 Å². The third-order valence-corrected chi connectivity index (χ3v) is 2.10. The van der Waals surface area contributed by atoms with Gasteiger partial charge in [-0.1, -0.05) is 24.3 Å². The van der Waals surface area contributed by atoms with Gasteiger partial charge in [0.1, 0.15) is 0 Å². The van der Waals surface area contributed by atoms with Crippen molar-refractivity contribution in [3.63, 3.8) is 0 Å². The molecule has 1 aromatic carbocycles. The molecule has 0 unspecified atom stereocenters. The maximum absolute atomic E-state index is 5.56. The highest BCUT2D eigenvalue weighted by molar-refractivity contribution is 7.80. The fourth-order valence-electron chi connectivity index (χ4n) is 1.21. The van der Waals surface area contributed by atoms with Gasteiger partial charge in [-0.05, 0) is 31.6 Å². The smallest absolute Gasteiger partial charge is 0.184 e. The SMILES string of the molecule is CC(C)OCc1ccccc1C=NNC(N)=S. The Kier molecular flexibility index (Phi) is 5.59. The van der Waals surface area contributed by atoms with Crippen LogP contribution in [-0.4, -0.2) is 17.4 Å². The van der Waals surface area contributed by atoms with Crippen LogP contribution in [0.1, 0.15) is 25.0 Å². The molecule has 0 spiro atoms. The van der Waals surface area contributed by atoms with Gasteiger partial charge in [0.25, 0.3) is 0 Å². The number of hydrogen-bond acceptors (Lipinski definition) is 3. The molecule has 4 nitrogen and oxygen atoms in total. The van der Waals surface area contributed by atoms with Crippen LogP contribution in [0, 0.1) is 0 Å². The minimum Gasteiger partial charge on any atom is -0.375 e. The van der Waals surface area contributed by atoms with E-state index in [0.717, 1.165) is 11.1 Å². The third-order valence-electron chi connectivity index (χ3n) is 2.01. The van der Waals surface area contributed by atoms with E-state index in [9.17, 15) is 0 Å². The minimum absolute atomic E-state index is 0.150. The first kappa shape index (κ1) is 13.6. The van der Waals surface area contributed by atoms with Crippen molar-refractivity contribution in [3.8, 4) is 0 Å². The highest BCUT2D eigenvalue weighted by atomic mass is 32.1. The molecule has 0 saturated carbocycles. The van der Waals surface area contributed by atoms with Gasteiger partial charge in [-0.25, -0.2) is 0 Å². The average molecular weight is 251 g/mol. The first-order valence-electron chi connectivity index (χ1n) is 5.37. The number of benzene rings is 1. The van der Waals surface area contributed by atoms with Crippen LogP contribution < -0.4 is 11.2 Å². The highest BCUT2D eigenvalue weighted by Crippen LogP contribution is 2.09.